The molecule has 0 unspecified atom stereocenters. The molecule has 0 saturated heterocycles. The molecule has 2 atom stereocenters. The zero-order valence-corrected chi connectivity index (χ0v) is 11.0. The molecule has 1 aliphatic heterocycles. The molecule has 3 rings (SSSR count). The smallest absolute Gasteiger partial charge is 0.108 e. The minimum absolute atomic E-state index is 0.783. The van der Waals surface area contributed by atoms with E-state index in [-0.39, 0.29) is 0 Å². The molecule has 0 fully saturated rings. The lowest BCUT2D eigenvalue weighted by Gasteiger charge is -2.25. The first kappa shape index (κ1) is 12.0. The Labute approximate surface area is 109 Å². The average molecular weight is 245 g/mol. The first-order valence-corrected chi connectivity index (χ1v) is 7.27. The lowest BCUT2D eigenvalue weighted by Crippen LogP contribution is -2.33. The summed E-state index contributed by atoms with van der Waals surface area (Å²) in [5.41, 5.74) is 0. The Morgan fingerprint density at radius 2 is 2.17 bits per heavy atom. The number of imidazole rings is 1. The summed E-state index contributed by atoms with van der Waals surface area (Å²) in [5, 5.41) is 3.68. The lowest BCUT2D eigenvalue weighted by atomic mass is 9.94. The van der Waals surface area contributed by atoms with Crippen LogP contribution in [-0.4, -0.2) is 22.6 Å². The van der Waals surface area contributed by atoms with Gasteiger partial charge in [0.25, 0.3) is 0 Å². The second-order valence-electron chi connectivity index (χ2n) is 5.71. The second-order valence-corrected chi connectivity index (χ2v) is 5.71. The van der Waals surface area contributed by atoms with Crippen molar-refractivity contribution in [3.05, 3.63) is 30.4 Å². The first-order chi connectivity index (χ1) is 8.92. The zero-order valence-electron chi connectivity index (χ0n) is 11.0. The number of nitrogens with zero attached hydrogens (tertiary/aromatic N) is 2. The summed E-state index contributed by atoms with van der Waals surface area (Å²) in [6.45, 7) is 3.50. The van der Waals surface area contributed by atoms with E-state index in [9.17, 15) is 0 Å². The van der Waals surface area contributed by atoms with Crippen LogP contribution in [0.15, 0.2) is 24.5 Å². The summed E-state index contributed by atoms with van der Waals surface area (Å²) in [7, 11) is 0. The van der Waals surface area contributed by atoms with Gasteiger partial charge in [-0.15, -0.1) is 0 Å². The van der Waals surface area contributed by atoms with Gasteiger partial charge in [-0.2, -0.15) is 0 Å². The van der Waals surface area contributed by atoms with Crippen LogP contribution in [0.2, 0.25) is 0 Å². The maximum absolute atomic E-state index is 4.38. The second kappa shape index (κ2) is 5.70. The molecule has 2 aliphatic rings. The highest BCUT2D eigenvalue weighted by Gasteiger charge is 2.18. The van der Waals surface area contributed by atoms with Crippen LogP contribution in [0.1, 0.15) is 31.5 Å². The monoisotopic (exact) mass is 245 g/mol. The van der Waals surface area contributed by atoms with Crippen molar-refractivity contribution >= 4 is 0 Å². The van der Waals surface area contributed by atoms with Crippen molar-refractivity contribution < 1.29 is 0 Å². The van der Waals surface area contributed by atoms with Crippen LogP contribution in [0.4, 0.5) is 0 Å². The Morgan fingerprint density at radius 3 is 3.06 bits per heavy atom. The summed E-state index contributed by atoms with van der Waals surface area (Å²) in [6, 6.07) is 0. The van der Waals surface area contributed by atoms with Gasteiger partial charge in [0.1, 0.15) is 5.82 Å². The van der Waals surface area contributed by atoms with Gasteiger partial charge in [-0.05, 0) is 50.6 Å². The third-order valence-electron chi connectivity index (χ3n) is 4.28. The molecule has 0 amide bonds. The molecule has 2 heterocycles. The number of hydrogen-bond acceptors (Lipinski definition) is 2. The normalized spacial score (nSPS) is 27.1. The minimum Gasteiger partial charge on any atom is -0.335 e. The molecule has 0 radical (unpaired) electrons. The summed E-state index contributed by atoms with van der Waals surface area (Å²) in [6.07, 6.45) is 15.0. The van der Waals surface area contributed by atoms with Crippen molar-refractivity contribution in [2.75, 3.05) is 13.1 Å². The predicted octanol–water partition coefficient (Wildman–Crippen LogP) is 2.39. The number of aromatic nitrogens is 2. The number of nitrogens with one attached hydrogen (secondary N) is 1. The molecule has 1 aromatic rings. The fourth-order valence-corrected chi connectivity index (χ4v) is 3.14. The highest BCUT2D eigenvalue weighted by molar-refractivity contribution is 4.97. The minimum atomic E-state index is 0.783. The summed E-state index contributed by atoms with van der Waals surface area (Å²) in [5.74, 6) is 2.91. The Morgan fingerprint density at radius 1 is 1.22 bits per heavy atom. The van der Waals surface area contributed by atoms with E-state index < -0.39 is 0 Å². The van der Waals surface area contributed by atoms with E-state index in [1.807, 2.05) is 6.20 Å². The maximum atomic E-state index is 4.38. The molecule has 0 aromatic carbocycles. The fraction of sp³-hybridized carbons (Fsp3) is 0.667. The number of rotatable bonds is 4. The molecule has 3 nitrogen and oxygen atoms in total. The van der Waals surface area contributed by atoms with E-state index in [1.165, 1.54) is 38.1 Å². The van der Waals surface area contributed by atoms with Crippen LogP contribution in [0.5, 0.6) is 0 Å². The van der Waals surface area contributed by atoms with Crippen LogP contribution >= 0.6 is 0 Å². The molecule has 0 saturated carbocycles. The molecule has 3 heteroatoms. The Hall–Kier alpha value is -1.09. The van der Waals surface area contributed by atoms with Gasteiger partial charge in [-0.1, -0.05) is 12.2 Å². The molecule has 1 N–H and O–H groups in total. The SMILES string of the molecule is C1=CC[C@H](CNC[C@H]2CCc3nccn3C2)CC1. The van der Waals surface area contributed by atoms with Crippen LogP contribution < -0.4 is 5.32 Å². The zero-order chi connectivity index (χ0) is 12.2. The molecule has 1 aliphatic carbocycles. The van der Waals surface area contributed by atoms with Gasteiger partial charge in [0.15, 0.2) is 0 Å². The van der Waals surface area contributed by atoms with Crippen LogP contribution in [0.3, 0.4) is 0 Å². The van der Waals surface area contributed by atoms with Gasteiger partial charge in [0.05, 0.1) is 0 Å². The highest BCUT2D eigenvalue weighted by Crippen LogP contribution is 2.19. The first-order valence-electron chi connectivity index (χ1n) is 7.27. The van der Waals surface area contributed by atoms with Crippen molar-refractivity contribution in [2.24, 2.45) is 11.8 Å². The number of fused-ring (bicyclic) bond motifs is 1. The summed E-state index contributed by atoms with van der Waals surface area (Å²) in [4.78, 5) is 4.38. The Bertz CT molecular complexity index is 408. The third-order valence-corrected chi connectivity index (χ3v) is 4.28. The molecule has 1 aromatic heterocycles. The van der Waals surface area contributed by atoms with Crippen LogP contribution in [0, 0.1) is 11.8 Å². The quantitative estimate of drug-likeness (QED) is 0.825. The highest BCUT2D eigenvalue weighted by atomic mass is 15.1. The van der Waals surface area contributed by atoms with Crippen molar-refractivity contribution in [3.8, 4) is 0 Å². The van der Waals surface area contributed by atoms with Gasteiger partial charge < -0.3 is 9.88 Å². The van der Waals surface area contributed by atoms with Crippen molar-refractivity contribution in [1.29, 1.82) is 0 Å². The van der Waals surface area contributed by atoms with Crippen LogP contribution in [-0.2, 0) is 13.0 Å². The van der Waals surface area contributed by atoms with Gasteiger partial charge in [-0.3, -0.25) is 0 Å². The van der Waals surface area contributed by atoms with E-state index >= 15 is 0 Å². The molecular weight excluding hydrogens is 222 g/mol. The fourth-order valence-electron chi connectivity index (χ4n) is 3.14. The molecule has 18 heavy (non-hydrogen) atoms. The molecular formula is C15H23N3. The van der Waals surface area contributed by atoms with Gasteiger partial charge in [-0.25, -0.2) is 4.98 Å². The van der Waals surface area contributed by atoms with Gasteiger partial charge in [0.2, 0.25) is 0 Å². The van der Waals surface area contributed by atoms with Gasteiger partial charge in [0, 0.05) is 25.4 Å². The van der Waals surface area contributed by atoms with E-state index in [1.54, 1.807) is 0 Å². The van der Waals surface area contributed by atoms with E-state index in [4.69, 9.17) is 0 Å². The number of allylic oxidation sites excluding steroid dienone is 2. The Kier molecular flexibility index (Phi) is 3.79. The summed E-state index contributed by atoms with van der Waals surface area (Å²) < 4.78 is 2.32. The predicted molar refractivity (Wildman–Crippen MR) is 73.4 cm³/mol. The number of aryl methyl sites for hydroxylation is 1. The maximum Gasteiger partial charge on any atom is 0.108 e. The van der Waals surface area contributed by atoms with E-state index in [2.05, 4.69) is 33.2 Å². The third kappa shape index (κ3) is 2.83. The molecule has 0 bridgehead atoms. The van der Waals surface area contributed by atoms with Crippen molar-refractivity contribution in [1.82, 2.24) is 14.9 Å². The molecule has 0 spiro atoms. The largest absolute Gasteiger partial charge is 0.335 e. The van der Waals surface area contributed by atoms with Crippen molar-refractivity contribution in [2.45, 2.75) is 38.6 Å². The average Bonchev–Trinajstić information content (AvgIpc) is 2.87. The number of hydrogen-bond donors (Lipinski definition) is 1. The lowest BCUT2D eigenvalue weighted by molar-refractivity contribution is 0.332. The van der Waals surface area contributed by atoms with E-state index in [0.29, 0.717) is 0 Å². The Balaban J connectivity index is 1.40. The van der Waals surface area contributed by atoms with Gasteiger partial charge >= 0.3 is 0 Å². The standard InChI is InChI=1S/C15H23N3/c1-2-4-13(5-3-1)10-16-11-14-6-7-15-17-8-9-18(15)12-14/h1-2,8-9,13-14,16H,3-7,10-12H2/t13-,14+/m0/s1. The molecule has 98 valence electrons. The van der Waals surface area contributed by atoms with Crippen molar-refractivity contribution in [3.63, 3.8) is 0 Å². The summed E-state index contributed by atoms with van der Waals surface area (Å²) >= 11 is 0. The van der Waals surface area contributed by atoms with E-state index in [0.717, 1.165) is 31.3 Å². The van der Waals surface area contributed by atoms with Crippen LogP contribution in [0.25, 0.3) is 0 Å². The topological polar surface area (TPSA) is 29.9 Å².